The number of aromatic nitrogens is 3. The van der Waals surface area contributed by atoms with Crippen molar-refractivity contribution >= 4 is 5.91 Å². The van der Waals surface area contributed by atoms with E-state index < -0.39 is 0 Å². The summed E-state index contributed by atoms with van der Waals surface area (Å²) < 4.78 is 12.6. The number of hydrogen-bond donors (Lipinski definition) is 1. The van der Waals surface area contributed by atoms with Crippen molar-refractivity contribution in [2.45, 2.75) is 45.6 Å². The van der Waals surface area contributed by atoms with E-state index in [9.17, 15) is 4.79 Å². The fourth-order valence-electron chi connectivity index (χ4n) is 2.74. The Labute approximate surface area is 147 Å². The van der Waals surface area contributed by atoms with E-state index in [0.29, 0.717) is 30.4 Å². The summed E-state index contributed by atoms with van der Waals surface area (Å²) in [7, 11) is 0. The van der Waals surface area contributed by atoms with Crippen LogP contribution < -0.4 is 14.8 Å². The van der Waals surface area contributed by atoms with E-state index in [1.807, 2.05) is 25.1 Å². The maximum atomic E-state index is 12.3. The van der Waals surface area contributed by atoms with E-state index >= 15 is 0 Å². The minimum absolute atomic E-state index is 0.124. The Hall–Kier alpha value is -2.57. The van der Waals surface area contributed by atoms with E-state index in [-0.39, 0.29) is 11.9 Å². The van der Waals surface area contributed by atoms with Crippen LogP contribution in [-0.2, 0) is 0 Å². The van der Waals surface area contributed by atoms with Crippen molar-refractivity contribution in [2.24, 2.45) is 0 Å². The van der Waals surface area contributed by atoms with Gasteiger partial charge >= 0.3 is 0 Å². The number of benzene rings is 1. The highest BCUT2D eigenvalue weighted by Crippen LogP contribution is 2.31. The normalized spacial score (nSPS) is 14.2. The Morgan fingerprint density at radius 1 is 1.28 bits per heavy atom. The van der Waals surface area contributed by atoms with E-state index in [2.05, 4.69) is 22.6 Å². The molecule has 2 heterocycles. The van der Waals surface area contributed by atoms with Crippen molar-refractivity contribution in [1.29, 1.82) is 0 Å². The van der Waals surface area contributed by atoms with Crippen LogP contribution in [0.5, 0.6) is 11.5 Å². The lowest BCUT2D eigenvalue weighted by Gasteiger charge is -2.18. The molecule has 25 heavy (non-hydrogen) atoms. The number of ether oxygens (including phenoxy) is 2. The first-order valence-corrected chi connectivity index (χ1v) is 8.80. The Bertz CT molecular complexity index is 729. The number of nitrogens with zero attached hydrogens (tertiary/aromatic N) is 3. The quantitative estimate of drug-likeness (QED) is 0.782. The SMILES string of the molecule is CCCCCC(C)NC(=O)c1cn(-c2ccc3c(c2)OCCO3)nn1. The monoisotopic (exact) mass is 344 g/mol. The summed E-state index contributed by atoms with van der Waals surface area (Å²) in [5, 5.41) is 11.0. The number of rotatable bonds is 7. The van der Waals surface area contributed by atoms with Gasteiger partial charge in [-0.05, 0) is 25.5 Å². The van der Waals surface area contributed by atoms with Crippen LogP contribution in [-0.4, -0.2) is 40.2 Å². The van der Waals surface area contributed by atoms with Gasteiger partial charge in [0.2, 0.25) is 0 Å². The van der Waals surface area contributed by atoms with Gasteiger partial charge in [0.25, 0.3) is 5.91 Å². The highest BCUT2D eigenvalue weighted by molar-refractivity contribution is 5.92. The lowest BCUT2D eigenvalue weighted by Crippen LogP contribution is -2.32. The van der Waals surface area contributed by atoms with Crippen LogP contribution in [0.2, 0.25) is 0 Å². The molecule has 1 aliphatic heterocycles. The van der Waals surface area contributed by atoms with Gasteiger partial charge in [-0.15, -0.1) is 5.10 Å². The van der Waals surface area contributed by atoms with Crippen molar-refractivity contribution in [1.82, 2.24) is 20.3 Å². The lowest BCUT2D eigenvalue weighted by atomic mass is 10.1. The van der Waals surface area contributed by atoms with Gasteiger partial charge in [-0.2, -0.15) is 0 Å². The Morgan fingerprint density at radius 2 is 2.08 bits per heavy atom. The first-order chi connectivity index (χ1) is 12.2. The minimum atomic E-state index is -0.201. The third kappa shape index (κ3) is 4.29. The molecule has 0 fully saturated rings. The second-order valence-corrected chi connectivity index (χ2v) is 6.25. The highest BCUT2D eigenvalue weighted by atomic mass is 16.6. The number of fused-ring (bicyclic) bond motifs is 1. The average molecular weight is 344 g/mol. The van der Waals surface area contributed by atoms with Crippen molar-refractivity contribution in [3.05, 3.63) is 30.1 Å². The number of unbranched alkanes of at least 4 members (excludes halogenated alkanes) is 2. The topological polar surface area (TPSA) is 78.3 Å². The van der Waals surface area contributed by atoms with Crippen LogP contribution in [0.3, 0.4) is 0 Å². The molecule has 7 nitrogen and oxygen atoms in total. The molecule has 0 aliphatic carbocycles. The zero-order valence-corrected chi connectivity index (χ0v) is 14.7. The van der Waals surface area contributed by atoms with Crippen molar-refractivity contribution in [3.63, 3.8) is 0 Å². The number of carbonyl (C=O) groups is 1. The summed E-state index contributed by atoms with van der Waals surface area (Å²) in [5.41, 5.74) is 1.07. The van der Waals surface area contributed by atoms with Gasteiger partial charge < -0.3 is 14.8 Å². The van der Waals surface area contributed by atoms with Crippen molar-refractivity contribution in [2.75, 3.05) is 13.2 Å². The molecule has 1 aromatic carbocycles. The molecule has 0 radical (unpaired) electrons. The molecule has 0 bridgehead atoms. The van der Waals surface area contributed by atoms with Gasteiger partial charge in [-0.25, -0.2) is 4.68 Å². The van der Waals surface area contributed by atoms with Gasteiger partial charge in [0.15, 0.2) is 17.2 Å². The molecule has 1 aliphatic rings. The first-order valence-electron chi connectivity index (χ1n) is 8.80. The molecule has 7 heteroatoms. The molecule has 1 N–H and O–H groups in total. The molecule has 2 aromatic rings. The molecule has 0 saturated heterocycles. The molecule has 1 unspecified atom stereocenters. The number of amides is 1. The Morgan fingerprint density at radius 3 is 2.88 bits per heavy atom. The minimum Gasteiger partial charge on any atom is -0.486 e. The summed E-state index contributed by atoms with van der Waals surface area (Å²) in [6.45, 7) is 5.26. The maximum Gasteiger partial charge on any atom is 0.273 e. The van der Waals surface area contributed by atoms with Crippen molar-refractivity contribution in [3.8, 4) is 17.2 Å². The molecule has 3 rings (SSSR count). The van der Waals surface area contributed by atoms with E-state index in [4.69, 9.17) is 9.47 Å². The summed E-state index contributed by atoms with van der Waals surface area (Å²) >= 11 is 0. The molecular formula is C18H24N4O3. The van der Waals surface area contributed by atoms with Gasteiger partial charge in [-0.1, -0.05) is 31.4 Å². The van der Waals surface area contributed by atoms with Gasteiger partial charge in [0, 0.05) is 12.1 Å². The zero-order chi connectivity index (χ0) is 17.6. The molecule has 0 spiro atoms. The second kappa shape index (κ2) is 8.00. The van der Waals surface area contributed by atoms with Crippen LogP contribution in [0.1, 0.15) is 50.0 Å². The Balaban J connectivity index is 1.64. The van der Waals surface area contributed by atoms with Crippen LogP contribution in [0.15, 0.2) is 24.4 Å². The van der Waals surface area contributed by atoms with Gasteiger partial charge in [-0.3, -0.25) is 4.79 Å². The number of hydrogen-bond acceptors (Lipinski definition) is 5. The standard InChI is InChI=1S/C18H24N4O3/c1-3-4-5-6-13(2)19-18(23)15-12-22(21-20-15)14-7-8-16-17(11-14)25-10-9-24-16/h7-8,11-13H,3-6,9-10H2,1-2H3,(H,19,23). The van der Waals surface area contributed by atoms with Gasteiger partial charge in [0.05, 0.1) is 11.9 Å². The molecular weight excluding hydrogens is 320 g/mol. The molecule has 0 saturated carbocycles. The number of nitrogens with one attached hydrogen (secondary N) is 1. The number of carbonyl (C=O) groups excluding carboxylic acids is 1. The van der Waals surface area contributed by atoms with Gasteiger partial charge in [0.1, 0.15) is 13.2 Å². The largest absolute Gasteiger partial charge is 0.486 e. The first kappa shape index (κ1) is 17.3. The van der Waals surface area contributed by atoms with Crippen LogP contribution in [0, 0.1) is 0 Å². The van der Waals surface area contributed by atoms with E-state index in [0.717, 1.165) is 18.5 Å². The fourth-order valence-corrected chi connectivity index (χ4v) is 2.74. The summed E-state index contributed by atoms with van der Waals surface area (Å²) in [6, 6.07) is 5.65. The maximum absolute atomic E-state index is 12.3. The lowest BCUT2D eigenvalue weighted by molar-refractivity contribution is 0.0933. The smallest absolute Gasteiger partial charge is 0.273 e. The molecule has 134 valence electrons. The highest BCUT2D eigenvalue weighted by Gasteiger charge is 2.16. The molecule has 1 amide bonds. The Kier molecular flexibility index (Phi) is 5.53. The zero-order valence-electron chi connectivity index (χ0n) is 14.7. The van der Waals surface area contributed by atoms with Crippen LogP contribution >= 0.6 is 0 Å². The van der Waals surface area contributed by atoms with Crippen molar-refractivity contribution < 1.29 is 14.3 Å². The fraction of sp³-hybridized carbons (Fsp3) is 0.500. The third-order valence-corrected chi connectivity index (χ3v) is 4.13. The van der Waals surface area contributed by atoms with Crippen LogP contribution in [0.25, 0.3) is 5.69 Å². The van der Waals surface area contributed by atoms with Crippen LogP contribution in [0.4, 0.5) is 0 Å². The molecule has 1 aromatic heterocycles. The van der Waals surface area contributed by atoms with E-state index in [1.165, 1.54) is 12.8 Å². The predicted octanol–water partition coefficient (Wildman–Crippen LogP) is 2.74. The summed E-state index contributed by atoms with van der Waals surface area (Å²) in [6.07, 6.45) is 6.06. The predicted molar refractivity (Wildman–Crippen MR) is 93.4 cm³/mol. The van der Waals surface area contributed by atoms with E-state index in [1.54, 1.807) is 10.9 Å². The third-order valence-electron chi connectivity index (χ3n) is 4.13. The summed E-state index contributed by atoms with van der Waals surface area (Å²) in [5.74, 6) is 1.19. The molecule has 1 atom stereocenters. The summed E-state index contributed by atoms with van der Waals surface area (Å²) in [4.78, 5) is 12.3. The average Bonchev–Trinajstić information content (AvgIpc) is 3.12. The second-order valence-electron chi connectivity index (χ2n) is 6.25.